The second-order valence-electron chi connectivity index (χ2n) is 11.4. The van der Waals surface area contributed by atoms with Crippen LogP contribution in [0.5, 0.6) is 0 Å². The number of benzene rings is 7. The monoisotopic (exact) mass is 609 g/mol. The van der Waals surface area contributed by atoms with Gasteiger partial charge in [0.1, 0.15) is 11.2 Å². The predicted octanol–water partition coefficient (Wildman–Crippen LogP) is 11.4. The summed E-state index contributed by atoms with van der Waals surface area (Å²) in [6.45, 7) is 0. The Morgan fingerprint density at radius 1 is 0.413 bits per heavy atom. The normalized spacial score (nSPS) is 11.6. The van der Waals surface area contributed by atoms with E-state index in [0.29, 0.717) is 22.5 Å². The van der Waals surface area contributed by atoms with Crippen LogP contribution < -0.4 is 0 Å². The van der Waals surface area contributed by atoms with Crippen LogP contribution in [0.2, 0.25) is 5.02 Å². The Hall–Kier alpha value is -5.84. The van der Waals surface area contributed by atoms with Gasteiger partial charge in [-0.3, -0.25) is 0 Å². The van der Waals surface area contributed by atoms with Crippen molar-refractivity contribution in [3.8, 4) is 45.3 Å². The van der Waals surface area contributed by atoms with Gasteiger partial charge >= 0.3 is 0 Å². The largest absolute Gasteiger partial charge is 0.455 e. The summed E-state index contributed by atoms with van der Waals surface area (Å²) < 4.78 is 6.38. The first-order valence-electron chi connectivity index (χ1n) is 15.1. The molecule has 0 atom stereocenters. The molecular formula is C41H24ClN3O. The second kappa shape index (κ2) is 10.7. The molecule has 9 rings (SSSR count). The van der Waals surface area contributed by atoms with Crippen molar-refractivity contribution in [3.63, 3.8) is 0 Å². The summed E-state index contributed by atoms with van der Waals surface area (Å²) in [7, 11) is 0. The Morgan fingerprint density at radius 2 is 1.09 bits per heavy atom. The zero-order chi connectivity index (χ0) is 30.6. The minimum atomic E-state index is 0.597. The summed E-state index contributed by atoms with van der Waals surface area (Å²) >= 11 is 6.34. The number of rotatable bonds is 4. The molecule has 9 aromatic rings. The molecule has 0 unspecified atom stereocenters. The van der Waals surface area contributed by atoms with E-state index in [1.54, 1.807) is 0 Å². The maximum Gasteiger partial charge on any atom is 0.164 e. The quantitative estimate of drug-likeness (QED) is 0.199. The van der Waals surface area contributed by atoms with E-state index in [1.807, 2.05) is 36.4 Å². The van der Waals surface area contributed by atoms with Crippen LogP contribution in [0.4, 0.5) is 0 Å². The molecule has 5 heteroatoms. The highest BCUT2D eigenvalue weighted by Gasteiger charge is 2.19. The van der Waals surface area contributed by atoms with Crippen LogP contribution in [-0.4, -0.2) is 15.0 Å². The Kier molecular flexibility index (Phi) is 6.15. The molecule has 2 heterocycles. The SMILES string of the molecule is Clc1ccc2c(c1)oc1c3ccccc3c(-c3nc(-c4cccc(-c5ccccc5)c4)nc(-c4ccc5ccccc5c4)n3)cc21. The fourth-order valence-electron chi connectivity index (χ4n) is 6.31. The van der Waals surface area contributed by atoms with Gasteiger partial charge in [0.2, 0.25) is 0 Å². The third-order valence-electron chi connectivity index (χ3n) is 8.55. The molecule has 0 saturated carbocycles. The van der Waals surface area contributed by atoms with Crippen molar-refractivity contribution in [3.05, 3.63) is 151 Å². The average molecular weight is 610 g/mol. The van der Waals surface area contributed by atoms with Crippen molar-refractivity contribution in [2.75, 3.05) is 0 Å². The van der Waals surface area contributed by atoms with Gasteiger partial charge in [-0.05, 0) is 57.6 Å². The molecule has 46 heavy (non-hydrogen) atoms. The molecule has 0 radical (unpaired) electrons. The topological polar surface area (TPSA) is 51.8 Å². The lowest BCUT2D eigenvalue weighted by molar-refractivity contribution is 0.672. The van der Waals surface area contributed by atoms with Gasteiger partial charge in [0, 0.05) is 43.9 Å². The average Bonchev–Trinajstić information content (AvgIpc) is 3.49. The zero-order valence-electron chi connectivity index (χ0n) is 24.5. The van der Waals surface area contributed by atoms with E-state index >= 15 is 0 Å². The van der Waals surface area contributed by atoms with Crippen molar-refractivity contribution in [2.24, 2.45) is 0 Å². The highest BCUT2D eigenvalue weighted by molar-refractivity contribution is 6.31. The van der Waals surface area contributed by atoms with Gasteiger partial charge in [0.25, 0.3) is 0 Å². The highest BCUT2D eigenvalue weighted by atomic mass is 35.5. The van der Waals surface area contributed by atoms with Crippen LogP contribution >= 0.6 is 11.6 Å². The van der Waals surface area contributed by atoms with E-state index in [-0.39, 0.29) is 0 Å². The molecule has 4 nitrogen and oxygen atoms in total. The van der Waals surface area contributed by atoms with E-state index in [1.165, 1.54) is 5.39 Å². The molecule has 2 aromatic heterocycles. The van der Waals surface area contributed by atoms with Gasteiger partial charge < -0.3 is 4.42 Å². The van der Waals surface area contributed by atoms with E-state index in [4.69, 9.17) is 31.0 Å². The summed E-state index contributed by atoms with van der Waals surface area (Å²) in [6, 6.07) is 49.6. The minimum absolute atomic E-state index is 0.597. The van der Waals surface area contributed by atoms with E-state index < -0.39 is 0 Å². The summed E-state index contributed by atoms with van der Waals surface area (Å²) in [5.74, 6) is 1.82. The van der Waals surface area contributed by atoms with Crippen LogP contribution in [0, 0.1) is 0 Å². The molecule has 0 saturated heterocycles. The Morgan fingerprint density at radius 3 is 1.93 bits per heavy atom. The Bertz CT molecular complexity index is 2610. The molecule has 0 N–H and O–H groups in total. The summed E-state index contributed by atoms with van der Waals surface area (Å²) in [4.78, 5) is 15.4. The van der Waals surface area contributed by atoms with Gasteiger partial charge in [-0.25, -0.2) is 15.0 Å². The molecule has 0 fully saturated rings. The molecular weight excluding hydrogens is 586 g/mol. The number of hydrogen-bond donors (Lipinski definition) is 0. The lowest BCUT2D eigenvalue weighted by Gasteiger charge is -2.12. The number of hydrogen-bond acceptors (Lipinski definition) is 4. The fraction of sp³-hybridized carbons (Fsp3) is 0. The maximum absolute atomic E-state index is 6.38. The number of fused-ring (bicyclic) bond motifs is 6. The van der Waals surface area contributed by atoms with Crippen LogP contribution in [0.25, 0.3) is 88.8 Å². The first-order chi connectivity index (χ1) is 22.7. The summed E-state index contributed by atoms with van der Waals surface area (Å²) in [5, 5.41) is 6.90. The fourth-order valence-corrected chi connectivity index (χ4v) is 6.47. The Balaban J connectivity index is 1.32. The van der Waals surface area contributed by atoms with Crippen molar-refractivity contribution >= 4 is 55.1 Å². The van der Waals surface area contributed by atoms with Crippen molar-refractivity contribution in [1.29, 1.82) is 0 Å². The lowest BCUT2D eigenvalue weighted by atomic mass is 9.99. The first-order valence-corrected chi connectivity index (χ1v) is 15.5. The van der Waals surface area contributed by atoms with Crippen molar-refractivity contribution < 1.29 is 4.42 Å². The van der Waals surface area contributed by atoms with Crippen molar-refractivity contribution in [2.45, 2.75) is 0 Å². The zero-order valence-corrected chi connectivity index (χ0v) is 25.2. The number of furan rings is 1. The molecule has 0 aliphatic carbocycles. The van der Waals surface area contributed by atoms with E-state index in [2.05, 4.69) is 109 Å². The predicted molar refractivity (Wildman–Crippen MR) is 189 cm³/mol. The standard InChI is InChI=1S/C41H24ClN3O/c42-31-19-20-33-35-24-36(32-15-6-7-16-34(32)38(35)46-37(33)23-31)41-44-39(29-14-8-13-28(21-29)25-9-2-1-3-10-25)43-40(45-41)30-18-17-26-11-4-5-12-27(26)22-30/h1-24H. The van der Waals surface area contributed by atoms with Crippen LogP contribution in [0.3, 0.4) is 0 Å². The molecule has 0 bridgehead atoms. The van der Waals surface area contributed by atoms with Crippen LogP contribution in [0.15, 0.2) is 150 Å². The molecule has 0 amide bonds. The molecule has 0 aliphatic heterocycles. The number of nitrogens with zero attached hydrogens (tertiary/aromatic N) is 3. The van der Waals surface area contributed by atoms with E-state index in [0.717, 1.165) is 65.9 Å². The van der Waals surface area contributed by atoms with Gasteiger partial charge in [0.05, 0.1) is 0 Å². The van der Waals surface area contributed by atoms with Crippen molar-refractivity contribution in [1.82, 2.24) is 15.0 Å². The van der Waals surface area contributed by atoms with Gasteiger partial charge in [0.15, 0.2) is 17.5 Å². The number of aromatic nitrogens is 3. The molecule has 216 valence electrons. The number of halogens is 1. The molecule has 0 spiro atoms. The van der Waals surface area contributed by atoms with Crippen LogP contribution in [-0.2, 0) is 0 Å². The Labute approximate surface area is 269 Å². The third-order valence-corrected chi connectivity index (χ3v) is 8.79. The van der Waals surface area contributed by atoms with Gasteiger partial charge in [-0.2, -0.15) is 0 Å². The molecule has 7 aromatic carbocycles. The summed E-state index contributed by atoms with van der Waals surface area (Å²) in [6.07, 6.45) is 0. The van der Waals surface area contributed by atoms with E-state index in [9.17, 15) is 0 Å². The minimum Gasteiger partial charge on any atom is -0.455 e. The molecule has 0 aliphatic rings. The lowest BCUT2D eigenvalue weighted by Crippen LogP contribution is -2.01. The summed E-state index contributed by atoms with van der Waals surface area (Å²) in [5.41, 5.74) is 6.55. The second-order valence-corrected chi connectivity index (χ2v) is 11.8. The first kappa shape index (κ1) is 26.6. The third kappa shape index (κ3) is 4.50. The van der Waals surface area contributed by atoms with Crippen LogP contribution in [0.1, 0.15) is 0 Å². The van der Waals surface area contributed by atoms with Gasteiger partial charge in [-0.1, -0.05) is 121 Å². The van der Waals surface area contributed by atoms with Gasteiger partial charge in [-0.15, -0.1) is 0 Å². The highest BCUT2D eigenvalue weighted by Crippen LogP contribution is 2.40. The smallest absolute Gasteiger partial charge is 0.164 e. The maximum atomic E-state index is 6.38.